The molecule has 0 aliphatic heterocycles. The van der Waals surface area contributed by atoms with Gasteiger partial charge in [-0.2, -0.15) is 0 Å². The zero-order chi connectivity index (χ0) is 21.0. The molecule has 0 aliphatic rings. The zero-order valence-electron chi connectivity index (χ0n) is 16.8. The largest absolute Gasteiger partial charge is 0.494 e. The van der Waals surface area contributed by atoms with Crippen LogP contribution in [0.4, 0.5) is 0 Å². The van der Waals surface area contributed by atoms with Gasteiger partial charge >= 0.3 is 0 Å². The number of ether oxygens (including phenoxy) is 1. The van der Waals surface area contributed by atoms with Crippen LogP contribution in [0.5, 0.6) is 5.75 Å². The number of para-hydroxylation sites is 2. The van der Waals surface area contributed by atoms with Crippen molar-refractivity contribution in [1.29, 1.82) is 0 Å². The first-order valence-electron chi connectivity index (χ1n) is 9.41. The number of aromatic nitrogens is 2. The van der Waals surface area contributed by atoms with Crippen LogP contribution in [0.3, 0.4) is 0 Å². The van der Waals surface area contributed by atoms with Gasteiger partial charge in [0.15, 0.2) is 9.84 Å². The molecule has 0 saturated carbocycles. The van der Waals surface area contributed by atoms with E-state index >= 15 is 0 Å². The van der Waals surface area contributed by atoms with Gasteiger partial charge in [-0.3, -0.25) is 4.79 Å². The van der Waals surface area contributed by atoms with Crippen molar-refractivity contribution in [2.45, 2.75) is 32.2 Å². The first kappa shape index (κ1) is 20.9. The maximum atomic E-state index is 12.7. The number of nitrogens with one attached hydrogen (secondary N) is 1. The molecule has 1 unspecified atom stereocenters. The predicted molar refractivity (Wildman–Crippen MR) is 112 cm³/mol. The number of rotatable bonds is 8. The molecule has 1 heterocycles. The third kappa shape index (κ3) is 5.35. The summed E-state index contributed by atoms with van der Waals surface area (Å²) in [7, 11) is -3.29. The zero-order valence-corrected chi connectivity index (χ0v) is 17.6. The fraction of sp³-hybridized carbons (Fsp3) is 0.333. The minimum Gasteiger partial charge on any atom is -0.494 e. The minimum absolute atomic E-state index is 0.0130. The summed E-state index contributed by atoms with van der Waals surface area (Å²) < 4.78 is 30.8. The molecule has 1 amide bonds. The van der Waals surface area contributed by atoms with E-state index in [0.717, 1.165) is 23.1 Å². The first-order chi connectivity index (χ1) is 13.8. The summed E-state index contributed by atoms with van der Waals surface area (Å²) in [5.74, 6) is 0.662. The van der Waals surface area contributed by atoms with E-state index in [-0.39, 0.29) is 24.2 Å². The summed E-state index contributed by atoms with van der Waals surface area (Å²) in [6.07, 6.45) is 1.16. The van der Waals surface area contributed by atoms with Crippen LogP contribution in [0, 0.1) is 0 Å². The van der Waals surface area contributed by atoms with Crippen molar-refractivity contribution >= 4 is 26.8 Å². The van der Waals surface area contributed by atoms with E-state index in [1.54, 1.807) is 10.6 Å². The number of hydrogen-bond acceptors (Lipinski definition) is 5. The lowest BCUT2D eigenvalue weighted by Crippen LogP contribution is -2.30. The van der Waals surface area contributed by atoms with Crippen LogP contribution < -0.4 is 10.1 Å². The third-order valence-corrected chi connectivity index (χ3v) is 5.26. The van der Waals surface area contributed by atoms with Crippen LogP contribution in [0.1, 0.15) is 31.3 Å². The van der Waals surface area contributed by atoms with Crippen LogP contribution in [-0.4, -0.2) is 36.7 Å². The highest BCUT2D eigenvalue weighted by molar-refractivity contribution is 7.89. The van der Waals surface area contributed by atoms with Crippen molar-refractivity contribution in [2.75, 3.05) is 12.9 Å². The number of amides is 1. The number of sulfone groups is 1. The van der Waals surface area contributed by atoms with Gasteiger partial charge in [0.05, 0.1) is 23.7 Å². The number of carbonyl (C=O) groups is 1. The summed E-state index contributed by atoms with van der Waals surface area (Å²) >= 11 is 0. The van der Waals surface area contributed by atoms with Gasteiger partial charge < -0.3 is 14.6 Å². The average molecular weight is 416 g/mol. The molecule has 0 saturated heterocycles. The van der Waals surface area contributed by atoms with Crippen molar-refractivity contribution in [1.82, 2.24) is 14.9 Å². The normalized spacial score (nSPS) is 12.7. The second kappa shape index (κ2) is 8.65. The second-order valence-electron chi connectivity index (χ2n) is 6.97. The molecule has 29 heavy (non-hydrogen) atoms. The van der Waals surface area contributed by atoms with Gasteiger partial charge in [0.2, 0.25) is 5.91 Å². The molecule has 1 atom stereocenters. The Balaban J connectivity index is 1.80. The standard InChI is InChI=1S/C21H25N3O4S/c1-4-28-17-9-7-8-16(12-17)15(2)22-21(25)13-24-19-11-6-5-10-18(19)23-20(24)14-29(3,26)27/h5-12,15H,4,13-14H2,1-3H3,(H,22,25). The monoisotopic (exact) mass is 415 g/mol. The molecular weight excluding hydrogens is 390 g/mol. The summed E-state index contributed by atoms with van der Waals surface area (Å²) in [4.78, 5) is 17.1. The van der Waals surface area contributed by atoms with Gasteiger partial charge in [0, 0.05) is 6.26 Å². The maximum Gasteiger partial charge on any atom is 0.240 e. The Kier molecular flexibility index (Phi) is 6.22. The van der Waals surface area contributed by atoms with Crippen LogP contribution in [0.15, 0.2) is 48.5 Å². The van der Waals surface area contributed by atoms with E-state index in [4.69, 9.17) is 4.74 Å². The van der Waals surface area contributed by atoms with E-state index in [1.807, 2.05) is 56.3 Å². The van der Waals surface area contributed by atoms with Crippen molar-refractivity contribution in [2.24, 2.45) is 0 Å². The summed E-state index contributed by atoms with van der Waals surface area (Å²) in [6, 6.07) is 14.7. The number of carbonyl (C=O) groups excluding carboxylic acids is 1. The van der Waals surface area contributed by atoms with Crippen molar-refractivity contribution in [3.8, 4) is 5.75 Å². The Bertz CT molecular complexity index is 1120. The van der Waals surface area contributed by atoms with Crippen LogP contribution >= 0.6 is 0 Å². The Labute approximate surface area is 170 Å². The first-order valence-corrected chi connectivity index (χ1v) is 11.5. The van der Waals surface area contributed by atoms with Gasteiger partial charge in [-0.15, -0.1) is 0 Å². The maximum absolute atomic E-state index is 12.7. The molecular formula is C21H25N3O4S. The second-order valence-corrected chi connectivity index (χ2v) is 9.11. The van der Waals surface area contributed by atoms with Crippen LogP contribution in [0.2, 0.25) is 0 Å². The molecule has 0 aliphatic carbocycles. The van der Waals surface area contributed by atoms with Gasteiger partial charge in [-0.25, -0.2) is 13.4 Å². The smallest absolute Gasteiger partial charge is 0.240 e. The number of fused-ring (bicyclic) bond motifs is 1. The minimum atomic E-state index is -3.29. The summed E-state index contributed by atoms with van der Waals surface area (Å²) in [5, 5.41) is 2.97. The fourth-order valence-electron chi connectivity index (χ4n) is 3.20. The molecule has 1 aromatic heterocycles. The molecule has 1 N–H and O–H groups in total. The lowest BCUT2D eigenvalue weighted by atomic mass is 10.1. The number of imidazole rings is 1. The van der Waals surface area contributed by atoms with Gasteiger partial charge in [0.25, 0.3) is 0 Å². The highest BCUT2D eigenvalue weighted by Crippen LogP contribution is 2.20. The molecule has 0 fully saturated rings. The van der Waals surface area contributed by atoms with Crippen molar-refractivity contribution in [3.63, 3.8) is 0 Å². The SMILES string of the molecule is CCOc1cccc(C(C)NC(=O)Cn2c(CS(C)(=O)=O)nc3ccccc32)c1. The molecule has 7 nitrogen and oxygen atoms in total. The Hall–Kier alpha value is -2.87. The van der Waals surface area contributed by atoms with E-state index in [0.29, 0.717) is 17.9 Å². The Morgan fingerprint density at radius 2 is 1.97 bits per heavy atom. The molecule has 154 valence electrons. The van der Waals surface area contributed by atoms with Gasteiger partial charge in [-0.1, -0.05) is 24.3 Å². The third-order valence-electron chi connectivity index (χ3n) is 4.47. The number of hydrogen-bond donors (Lipinski definition) is 1. The summed E-state index contributed by atoms with van der Waals surface area (Å²) in [5.41, 5.74) is 2.32. The van der Waals surface area contributed by atoms with Gasteiger partial charge in [-0.05, 0) is 43.7 Å². The van der Waals surface area contributed by atoms with Crippen molar-refractivity contribution < 1.29 is 17.9 Å². The number of nitrogens with zero attached hydrogens (tertiary/aromatic N) is 2. The molecule has 0 radical (unpaired) electrons. The summed E-state index contributed by atoms with van der Waals surface area (Å²) in [6.45, 7) is 4.37. The van der Waals surface area contributed by atoms with E-state index in [9.17, 15) is 13.2 Å². The molecule has 0 bridgehead atoms. The predicted octanol–water partition coefficient (Wildman–Crippen LogP) is 2.86. The lowest BCUT2D eigenvalue weighted by Gasteiger charge is -2.16. The van der Waals surface area contributed by atoms with E-state index < -0.39 is 9.84 Å². The molecule has 0 spiro atoms. The molecule has 8 heteroatoms. The lowest BCUT2D eigenvalue weighted by molar-refractivity contribution is -0.122. The molecule has 2 aromatic carbocycles. The van der Waals surface area contributed by atoms with E-state index in [1.165, 1.54) is 0 Å². The van der Waals surface area contributed by atoms with Crippen LogP contribution in [-0.2, 0) is 26.9 Å². The molecule has 3 aromatic rings. The topological polar surface area (TPSA) is 90.3 Å². The van der Waals surface area contributed by atoms with Crippen LogP contribution in [0.25, 0.3) is 11.0 Å². The quantitative estimate of drug-likeness (QED) is 0.611. The molecule has 3 rings (SSSR count). The fourth-order valence-corrected chi connectivity index (χ4v) is 3.89. The van der Waals surface area contributed by atoms with E-state index in [2.05, 4.69) is 10.3 Å². The number of benzene rings is 2. The average Bonchev–Trinajstić information content (AvgIpc) is 2.97. The Morgan fingerprint density at radius 3 is 2.69 bits per heavy atom. The van der Waals surface area contributed by atoms with Crippen molar-refractivity contribution in [3.05, 3.63) is 59.9 Å². The van der Waals surface area contributed by atoms with Gasteiger partial charge in [0.1, 0.15) is 23.9 Å². The highest BCUT2D eigenvalue weighted by atomic mass is 32.2. The Morgan fingerprint density at radius 1 is 1.21 bits per heavy atom. The highest BCUT2D eigenvalue weighted by Gasteiger charge is 2.18.